The highest BCUT2D eigenvalue weighted by Gasteiger charge is 2.28. The van der Waals surface area contributed by atoms with E-state index in [1.807, 2.05) is 0 Å². The lowest BCUT2D eigenvalue weighted by Crippen LogP contribution is -2.17. The van der Waals surface area contributed by atoms with Gasteiger partial charge in [-0.1, -0.05) is 0 Å². The zero-order chi connectivity index (χ0) is 15.6. The molecule has 0 saturated heterocycles. The summed E-state index contributed by atoms with van der Waals surface area (Å²) in [6.45, 7) is 0.436. The van der Waals surface area contributed by atoms with Gasteiger partial charge in [-0.2, -0.15) is 23.3 Å². The van der Waals surface area contributed by atoms with Crippen LogP contribution in [0.5, 0.6) is 0 Å². The Hall–Kier alpha value is -2.52. The van der Waals surface area contributed by atoms with E-state index >= 15 is 0 Å². The quantitative estimate of drug-likeness (QED) is 0.798. The number of nitrogens with one attached hydrogen (secondary N) is 2. The standard InChI is InChI=1S/C11H14F3N7/c1-6-8(4-21(20-6)5-11(12,13)14)18-10-17-3-7(15)9(16-2)19-10/h3-4H,5,15H2,1-2H3,(H2,16,17,18,19). The van der Waals surface area contributed by atoms with Gasteiger partial charge in [-0.05, 0) is 6.92 Å². The number of halogens is 3. The van der Waals surface area contributed by atoms with Gasteiger partial charge in [0.05, 0.1) is 23.3 Å². The predicted molar refractivity (Wildman–Crippen MR) is 72.3 cm³/mol. The van der Waals surface area contributed by atoms with Crippen LogP contribution in [-0.4, -0.2) is 33.0 Å². The maximum absolute atomic E-state index is 12.3. The van der Waals surface area contributed by atoms with E-state index in [1.165, 1.54) is 12.4 Å². The minimum atomic E-state index is -4.33. The fourth-order valence-electron chi connectivity index (χ4n) is 1.68. The molecule has 0 aliphatic heterocycles. The summed E-state index contributed by atoms with van der Waals surface area (Å²) in [6.07, 6.45) is -1.68. The Morgan fingerprint density at radius 1 is 1.38 bits per heavy atom. The normalized spacial score (nSPS) is 11.5. The van der Waals surface area contributed by atoms with Crippen molar-refractivity contribution >= 4 is 23.1 Å². The van der Waals surface area contributed by atoms with Crippen LogP contribution in [0.15, 0.2) is 12.4 Å². The molecular weight excluding hydrogens is 287 g/mol. The summed E-state index contributed by atoms with van der Waals surface area (Å²) in [6, 6.07) is 0. The van der Waals surface area contributed by atoms with Crippen molar-refractivity contribution in [1.29, 1.82) is 0 Å². The fraction of sp³-hybridized carbons (Fsp3) is 0.364. The van der Waals surface area contributed by atoms with Crippen LogP contribution in [0.25, 0.3) is 0 Å². The Kier molecular flexibility index (Phi) is 3.87. The Labute approximate surface area is 118 Å². The number of rotatable bonds is 4. The van der Waals surface area contributed by atoms with E-state index in [2.05, 4.69) is 25.7 Å². The third kappa shape index (κ3) is 3.74. The SMILES string of the molecule is CNc1nc(Nc2cn(CC(F)(F)F)nc2C)ncc1N. The number of aromatic nitrogens is 4. The van der Waals surface area contributed by atoms with Crippen molar-refractivity contribution in [2.75, 3.05) is 23.4 Å². The highest BCUT2D eigenvalue weighted by atomic mass is 19.4. The number of nitrogen functional groups attached to an aromatic ring is 1. The predicted octanol–water partition coefficient (Wildman–Crippen LogP) is 1.91. The first-order chi connectivity index (χ1) is 9.78. The van der Waals surface area contributed by atoms with E-state index in [1.54, 1.807) is 14.0 Å². The lowest BCUT2D eigenvalue weighted by atomic mass is 10.4. The van der Waals surface area contributed by atoms with Crippen LogP contribution < -0.4 is 16.4 Å². The van der Waals surface area contributed by atoms with Gasteiger partial charge in [-0.15, -0.1) is 0 Å². The van der Waals surface area contributed by atoms with Crippen LogP contribution in [0.2, 0.25) is 0 Å². The van der Waals surface area contributed by atoms with Gasteiger partial charge in [-0.25, -0.2) is 4.98 Å². The minimum Gasteiger partial charge on any atom is -0.394 e. The second-order valence-electron chi connectivity index (χ2n) is 4.31. The summed E-state index contributed by atoms with van der Waals surface area (Å²) in [4.78, 5) is 8.05. The van der Waals surface area contributed by atoms with E-state index in [-0.39, 0.29) is 5.95 Å². The van der Waals surface area contributed by atoms with Gasteiger partial charge in [0.15, 0.2) is 5.82 Å². The molecule has 4 N–H and O–H groups in total. The Balaban J connectivity index is 2.20. The Morgan fingerprint density at radius 2 is 2.10 bits per heavy atom. The van der Waals surface area contributed by atoms with Crippen molar-refractivity contribution in [3.8, 4) is 0 Å². The molecule has 114 valence electrons. The average molecular weight is 301 g/mol. The smallest absolute Gasteiger partial charge is 0.394 e. The van der Waals surface area contributed by atoms with Gasteiger partial charge < -0.3 is 16.4 Å². The number of hydrogen-bond acceptors (Lipinski definition) is 6. The van der Waals surface area contributed by atoms with Crippen molar-refractivity contribution in [1.82, 2.24) is 19.7 Å². The van der Waals surface area contributed by atoms with Gasteiger partial charge in [0.1, 0.15) is 6.54 Å². The molecule has 0 saturated carbocycles. The van der Waals surface area contributed by atoms with Gasteiger partial charge in [0, 0.05) is 13.2 Å². The van der Waals surface area contributed by atoms with E-state index in [4.69, 9.17) is 5.73 Å². The molecule has 2 aromatic heterocycles. The summed E-state index contributed by atoms with van der Waals surface area (Å²) >= 11 is 0. The molecule has 2 aromatic rings. The molecule has 2 heterocycles. The first-order valence-electron chi connectivity index (χ1n) is 5.96. The average Bonchev–Trinajstić information content (AvgIpc) is 2.69. The number of aryl methyl sites for hydroxylation is 1. The topological polar surface area (TPSA) is 93.7 Å². The molecule has 0 bridgehead atoms. The molecule has 0 aromatic carbocycles. The van der Waals surface area contributed by atoms with Gasteiger partial charge in [-0.3, -0.25) is 4.68 Å². The molecule has 0 aliphatic rings. The molecule has 0 fully saturated rings. The number of nitrogens with two attached hydrogens (primary N) is 1. The first kappa shape index (κ1) is 14.9. The lowest BCUT2D eigenvalue weighted by molar-refractivity contribution is -0.142. The van der Waals surface area contributed by atoms with Crippen molar-refractivity contribution in [3.05, 3.63) is 18.1 Å². The molecule has 0 radical (unpaired) electrons. The van der Waals surface area contributed by atoms with Crippen LogP contribution in [0.3, 0.4) is 0 Å². The molecule has 0 atom stereocenters. The lowest BCUT2D eigenvalue weighted by Gasteiger charge is -2.07. The van der Waals surface area contributed by atoms with Crippen LogP contribution in [-0.2, 0) is 6.54 Å². The number of nitrogens with zero attached hydrogens (tertiary/aromatic N) is 4. The van der Waals surface area contributed by atoms with Crippen LogP contribution >= 0.6 is 0 Å². The summed E-state index contributed by atoms with van der Waals surface area (Å²) in [5.41, 5.74) is 6.81. The first-order valence-corrected chi connectivity index (χ1v) is 5.96. The second-order valence-corrected chi connectivity index (χ2v) is 4.31. The molecular formula is C11H14F3N7. The van der Waals surface area contributed by atoms with Gasteiger partial charge >= 0.3 is 6.18 Å². The van der Waals surface area contributed by atoms with Crippen LogP contribution in [0.4, 0.5) is 36.3 Å². The summed E-state index contributed by atoms with van der Waals surface area (Å²) in [7, 11) is 1.65. The maximum Gasteiger partial charge on any atom is 0.408 e. The molecule has 0 unspecified atom stereocenters. The molecule has 0 spiro atoms. The van der Waals surface area contributed by atoms with Crippen molar-refractivity contribution in [2.45, 2.75) is 19.6 Å². The van der Waals surface area contributed by atoms with E-state index < -0.39 is 12.7 Å². The van der Waals surface area contributed by atoms with Crippen molar-refractivity contribution < 1.29 is 13.2 Å². The Bertz CT molecular complexity index is 635. The Morgan fingerprint density at radius 3 is 2.71 bits per heavy atom. The largest absolute Gasteiger partial charge is 0.408 e. The number of anilines is 4. The molecule has 21 heavy (non-hydrogen) atoms. The highest BCUT2D eigenvalue weighted by Crippen LogP contribution is 2.22. The molecule has 2 rings (SSSR count). The second kappa shape index (κ2) is 5.46. The van der Waals surface area contributed by atoms with Crippen LogP contribution in [0, 0.1) is 6.92 Å². The fourth-order valence-corrected chi connectivity index (χ4v) is 1.68. The third-order valence-corrected chi connectivity index (χ3v) is 2.59. The number of hydrogen-bond donors (Lipinski definition) is 3. The molecule has 0 aliphatic carbocycles. The van der Waals surface area contributed by atoms with Crippen LogP contribution in [0.1, 0.15) is 5.69 Å². The molecule has 10 heteroatoms. The minimum absolute atomic E-state index is 0.211. The van der Waals surface area contributed by atoms with Crippen molar-refractivity contribution in [3.63, 3.8) is 0 Å². The van der Waals surface area contributed by atoms with Crippen molar-refractivity contribution in [2.24, 2.45) is 0 Å². The summed E-state index contributed by atoms with van der Waals surface area (Å²) in [5, 5.41) is 9.39. The maximum atomic E-state index is 12.3. The highest BCUT2D eigenvalue weighted by molar-refractivity contribution is 5.64. The molecule has 0 amide bonds. The van der Waals surface area contributed by atoms with Gasteiger partial charge in [0.25, 0.3) is 0 Å². The third-order valence-electron chi connectivity index (χ3n) is 2.59. The summed E-state index contributed by atoms with van der Waals surface area (Å²) < 4.78 is 37.8. The monoisotopic (exact) mass is 301 g/mol. The van der Waals surface area contributed by atoms with E-state index in [0.717, 1.165) is 4.68 Å². The van der Waals surface area contributed by atoms with E-state index in [0.29, 0.717) is 22.9 Å². The zero-order valence-electron chi connectivity index (χ0n) is 11.4. The van der Waals surface area contributed by atoms with E-state index in [9.17, 15) is 13.2 Å². The molecule has 7 nitrogen and oxygen atoms in total. The zero-order valence-corrected chi connectivity index (χ0v) is 11.4. The van der Waals surface area contributed by atoms with Gasteiger partial charge in [0.2, 0.25) is 5.95 Å². The number of alkyl halides is 3. The summed E-state index contributed by atoms with van der Waals surface area (Å²) in [5.74, 6) is 0.635.